The molecule has 0 saturated carbocycles. The fraction of sp³-hybridized carbons (Fsp3) is 0.190. The largest absolute Gasteiger partial charge is 0.492 e. The Labute approximate surface area is 152 Å². The van der Waals surface area contributed by atoms with Crippen molar-refractivity contribution in [1.82, 2.24) is 14.5 Å². The summed E-state index contributed by atoms with van der Waals surface area (Å²) in [5.74, 6) is 0.909. The van der Waals surface area contributed by atoms with Crippen LogP contribution in [0.15, 0.2) is 67.0 Å². The van der Waals surface area contributed by atoms with Crippen LogP contribution >= 0.6 is 0 Å². The van der Waals surface area contributed by atoms with Crippen molar-refractivity contribution in [2.45, 2.75) is 19.4 Å². The zero-order chi connectivity index (χ0) is 17.8. The van der Waals surface area contributed by atoms with Crippen molar-refractivity contribution in [2.24, 2.45) is 0 Å². The predicted molar refractivity (Wildman–Crippen MR) is 99.0 cm³/mol. The highest BCUT2D eigenvalue weighted by atomic mass is 16.5. The van der Waals surface area contributed by atoms with Gasteiger partial charge in [-0.3, -0.25) is 9.78 Å². The Bertz CT molecular complexity index is 931. The maximum absolute atomic E-state index is 12.8. The van der Waals surface area contributed by atoms with Gasteiger partial charge in [-0.25, -0.2) is 4.98 Å². The van der Waals surface area contributed by atoms with Crippen LogP contribution in [0.5, 0.6) is 5.75 Å². The van der Waals surface area contributed by atoms with Gasteiger partial charge in [-0.1, -0.05) is 0 Å². The number of carbonyl (C=O) groups excluding carboxylic acids is 1. The topological polar surface area (TPSA) is 57.0 Å². The molecular formula is C21H19N3O2. The number of carbonyl (C=O) groups is 1. The number of aromatic nitrogens is 3. The van der Waals surface area contributed by atoms with Crippen molar-refractivity contribution in [3.63, 3.8) is 0 Å². The van der Waals surface area contributed by atoms with E-state index in [0.717, 1.165) is 47.4 Å². The van der Waals surface area contributed by atoms with Crippen LogP contribution < -0.4 is 4.74 Å². The van der Waals surface area contributed by atoms with Crippen molar-refractivity contribution in [2.75, 3.05) is 6.61 Å². The number of aryl methyl sites for hydroxylation is 1. The molecule has 0 spiro atoms. The zero-order valence-electron chi connectivity index (χ0n) is 14.3. The van der Waals surface area contributed by atoms with Crippen molar-refractivity contribution >= 4 is 11.9 Å². The summed E-state index contributed by atoms with van der Waals surface area (Å²) in [5, 5.41) is 0. The van der Waals surface area contributed by atoms with Crippen molar-refractivity contribution in [3.8, 4) is 5.75 Å². The Balaban J connectivity index is 1.46. The average molecular weight is 345 g/mol. The number of imidazole rings is 1. The molecule has 0 aliphatic heterocycles. The second-order valence-electron chi connectivity index (χ2n) is 6.25. The first kappa shape index (κ1) is 16.3. The van der Waals surface area contributed by atoms with Gasteiger partial charge in [0.05, 0.1) is 12.9 Å². The molecule has 5 heteroatoms. The minimum absolute atomic E-state index is 0.105. The lowest BCUT2D eigenvalue weighted by molar-refractivity contribution is 0.102. The summed E-state index contributed by atoms with van der Waals surface area (Å²) in [6.45, 7) is 1.31. The van der Waals surface area contributed by atoms with Gasteiger partial charge in [0, 0.05) is 35.9 Å². The van der Waals surface area contributed by atoms with Gasteiger partial charge in [-0.05, 0) is 60.4 Å². The number of rotatable bonds is 5. The Kier molecular flexibility index (Phi) is 4.60. The van der Waals surface area contributed by atoms with E-state index < -0.39 is 0 Å². The van der Waals surface area contributed by atoms with E-state index in [0.29, 0.717) is 6.61 Å². The molecule has 0 amide bonds. The van der Waals surface area contributed by atoms with Gasteiger partial charge in [-0.15, -0.1) is 0 Å². The molecule has 0 bridgehead atoms. The average Bonchev–Trinajstić information content (AvgIpc) is 3.18. The van der Waals surface area contributed by atoms with Crippen LogP contribution in [0.4, 0.5) is 0 Å². The van der Waals surface area contributed by atoms with Gasteiger partial charge in [0.25, 0.3) is 0 Å². The SMILES string of the molecule is O=C1C(=Cc2ccncc2)CCc2cc(OCCn3ccnc3)ccc21. The van der Waals surface area contributed by atoms with Crippen LogP contribution in [0.1, 0.15) is 27.9 Å². The van der Waals surface area contributed by atoms with Gasteiger partial charge in [0.1, 0.15) is 12.4 Å². The van der Waals surface area contributed by atoms with Crippen LogP contribution in [0.3, 0.4) is 0 Å². The molecule has 0 N–H and O–H groups in total. The zero-order valence-corrected chi connectivity index (χ0v) is 14.3. The maximum atomic E-state index is 12.8. The smallest absolute Gasteiger partial charge is 0.189 e. The fourth-order valence-corrected chi connectivity index (χ4v) is 3.13. The molecule has 0 atom stereocenters. The number of Topliss-reactive ketones (excluding diaryl/α,β-unsaturated/α-hetero) is 1. The fourth-order valence-electron chi connectivity index (χ4n) is 3.13. The molecule has 0 radical (unpaired) electrons. The highest BCUT2D eigenvalue weighted by molar-refractivity contribution is 6.13. The highest BCUT2D eigenvalue weighted by Crippen LogP contribution is 2.29. The van der Waals surface area contributed by atoms with Gasteiger partial charge in [0.15, 0.2) is 5.78 Å². The van der Waals surface area contributed by atoms with Gasteiger partial charge in [0.2, 0.25) is 0 Å². The first-order valence-corrected chi connectivity index (χ1v) is 8.66. The molecule has 26 heavy (non-hydrogen) atoms. The molecule has 4 rings (SSSR count). The predicted octanol–water partition coefficient (Wildman–Crippen LogP) is 3.57. The molecule has 1 aromatic carbocycles. The Morgan fingerprint density at radius 2 is 1.96 bits per heavy atom. The summed E-state index contributed by atoms with van der Waals surface area (Å²) in [6.07, 6.45) is 12.5. The van der Waals surface area contributed by atoms with E-state index in [1.54, 1.807) is 24.9 Å². The number of nitrogens with zero attached hydrogens (tertiary/aromatic N) is 3. The number of ketones is 1. The Hall–Kier alpha value is -3.21. The number of hydrogen-bond acceptors (Lipinski definition) is 4. The summed E-state index contributed by atoms with van der Waals surface area (Å²) in [6, 6.07) is 9.56. The number of ether oxygens (including phenoxy) is 1. The molecular weight excluding hydrogens is 326 g/mol. The minimum atomic E-state index is 0.105. The van der Waals surface area contributed by atoms with Crippen LogP contribution in [-0.4, -0.2) is 26.9 Å². The number of hydrogen-bond donors (Lipinski definition) is 0. The Morgan fingerprint density at radius 1 is 1.08 bits per heavy atom. The maximum Gasteiger partial charge on any atom is 0.189 e. The summed E-state index contributed by atoms with van der Waals surface area (Å²) in [7, 11) is 0. The number of fused-ring (bicyclic) bond motifs is 1. The van der Waals surface area contributed by atoms with E-state index in [1.165, 1.54) is 0 Å². The number of allylic oxidation sites excluding steroid dienone is 1. The first-order valence-electron chi connectivity index (χ1n) is 8.66. The van der Waals surface area contributed by atoms with Gasteiger partial charge in [-0.2, -0.15) is 0 Å². The Morgan fingerprint density at radius 3 is 2.77 bits per heavy atom. The lowest BCUT2D eigenvalue weighted by atomic mass is 9.86. The van der Waals surface area contributed by atoms with E-state index in [-0.39, 0.29) is 5.78 Å². The lowest BCUT2D eigenvalue weighted by Crippen LogP contribution is -2.14. The standard InChI is InChI=1S/C21H19N3O2/c25-21-18(13-16-5-7-22-8-6-16)2-1-17-14-19(3-4-20(17)21)26-12-11-24-10-9-23-15-24/h3-10,13-15H,1-2,11-12H2. The van der Waals surface area contributed by atoms with Crippen LogP contribution in [-0.2, 0) is 13.0 Å². The van der Waals surface area contributed by atoms with Crippen molar-refractivity contribution < 1.29 is 9.53 Å². The van der Waals surface area contributed by atoms with Crippen LogP contribution in [0, 0.1) is 0 Å². The van der Waals surface area contributed by atoms with E-state index >= 15 is 0 Å². The molecule has 0 unspecified atom stereocenters. The quantitative estimate of drug-likeness (QED) is 0.663. The van der Waals surface area contributed by atoms with Crippen LogP contribution in [0.25, 0.3) is 6.08 Å². The summed E-state index contributed by atoms with van der Waals surface area (Å²) < 4.78 is 7.79. The highest BCUT2D eigenvalue weighted by Gasteiger charge is 2.22. The first-order chi connectivity index (χ1) is 12.8. The monoisotopic (exact) mass is 345 g/mol. The molecule has 0 fully saturated rings. The lowest BCUT2D eigenvalue weighted by Gasteiger charge is -2.18. The van der Waals surface area contributed by atoms with E-state index in [2.05, 4.69) is 9.97 Å². The van der Waals surface area contributed by atoms with E-state index in [9.17, 15) is 4.79 Å². The molecule has 1 aliphatic carbocycles. The van der Waals surface area contributed by atoms with Gasteiger partial charge >= 0.3 is 0 Å². The van der Waals surface area contributed by atoms with Gasteiger partial charge < -0.3 is 9.30 Å². The van der Waals surface area contributed by atoms with E-state index in [4.69, 9.17) is 4.74 Å². The number of pyridine rings is 1. The minimum Gasteiger partial charge on any atom is -0.492 e. The molecule has 2 heterocycles. The normalized spacial score (nSPS) is 15.1. The van der Waals surface area contributed by atoms with Crippen molar-refractivity contribution in [1.29, 1.82) is 0 Å². The second kappa shape index (κ2) is 7.35. The summed E-state index contributed by atoms with van der Waals surface area (Å²) in [4.78, 5) is 20.8. The summed E-state index contributed by atoms with van der Waals surface area (Å²) in [5.41, 5.74) is 3.68. The molecule has 1 aliphatic rings. The van der Waals surface area contributed by atoms with Crippen molar-refractivity contribution in [3.05, 3.63) is 83.7 Å². The molecule has 0 saturated heterocycles. The molecule has 5 nitrogen and oxygen atoms in total. The summed E-state index contributed by atoms with van der Waals surface area (Å²) >= 11 is 0. The second-order valence-corrected chi connectivity index (χ2v) is 6.25. The molecule has 130 valence electrons. The third kappa shape index (κ3) is 3.57. The number of benzene rings is 1. The van der Waals surface area contributed by atoms with E-state index in [1.807, 2.05) is 47.2 Å². The third-order valence-electron chi connectivity index (χ3n) is 4.50. The van der Waals surface area contributed by atoms with Crippen LogP contribution in [0.2, 0.25) is 0 Å². The third-order valence-corrected chi connectivity index (χ3v) is 4.50. The molecule has 2 aromatic heterocycles. The molecule has 3 aromatic rings.